The molecule has 2 nitrogen and oxygen atoms in total. The van der Waals surface area contributed by atoms with Gasteiger partial charge in [0.05, 0.1) is 0 Å². The number of nitrogens with zero attached hydrogens (tertiary/aromatic N) is 2. The number of fused-ring (bicyclic) bond motifs is 2. The van der Waals surface area contributed by atoms with Crippen LogP contribution in [-0.4, -0.2) is 50.1 Å². The summed E-state index contributed by atoms with van der Waals surface area (Å²) in [4.78, 5) is 4.72. The number of hydrogen-bond acceptors (Lipinski definition) is 2. The Balaban J connectivity index is 0.000000201. The zero-order valence-electron chi connectivity index (χ0n) is 19.1. The molecule has 27 heavy (non-hydrogen) atoms. The predicted molar refractivity (Wildman–Crippen MR) is 122 cm³/mol. The van der Waals surface area contributed by atoms with E-state index in [0.717, 1.165) is 23.2 Å². The average molecular weight is 381 g/mol. The standard InChI is InChI=1S/C11H20.C7H13N.C4H9N.C2H6.CH4/c1-11(2,3)10-8-5-4-6-9(10)7-8;1-8-5-7(6-8)3-2-4-7;1-5-3-2-4-5;1-2;/h8-10H,4-7H2,1-3H3;2-6H2,1H3;2-4H2,1H3;1-2H3;1H4/t8-,9+,10?;;;;. The molecule has 2 saturated heterocycles. The first-order chi connectivity index (χ1) is 12.3. The maximum absolute atomic E-state index is 2.42. The summed E-state index contributed by atoms with van der Waals surface area (Å²) in [7, 11) is 4.35. The van der Waals surface area contributed by atoms with Gasteiger partial charge in [-0.1, -0.05) is 67.7 Å². The van der Waals surface area contributed by atoms with Gasteiger partial charge in [-0.05, 0) is 81.5 Å². The maximum atomic E-state index is 2.42. The van der Waals surface area contributed by atoms with Crippen molar-refractivity contribution >= 4 is 0 Å². The van der Waals surface area contributed by atoms with Gasteiger partial charge in [-0.2, -0.15) is 0 Å². The molecule has 2 aliphatic heterocycles. The summed E-state index contributed by atoms with van der Waals surface area (Å²) >= 11 is 0. The van der Waals surface area contributed by atoms with Crippen molar-refractivity contribution in [2.45, 2.75) is 93.4 Å². The van der Waals surface area contributed by atoms with Crippen molar-refractivity contribution in [3.05, 3.63) is 0 Å². The highest BCUT2D eigenvalue weighted by Crippen LogP contribution is 2.57. The molecule has 2 bridgehead atoms. The Morgan fingerprint density at radius 2 is 1.26 bits per heavy atom. The largest absolute Gasteiger partial charge is 0.306 e. The number of hydrogen-bond donors (Lipinski definition) is 0. The van der Waals surface area contributed by atoms with Crippen LogP contribution in [0, 0.1) is 28.6 Å². The number of likely N-dealkylation sites (tertiary alicyclic amines) is 2. The Kier molecular flexibility index (Phi) is 9.82. The van der Waals surface area contributed by atoms with Gasteiger partial charge in [0.1, 0.15) is 0 Å². The second-order valence-electron chi connectivity index (χ2n) is 10.8. The van der Waals surface area contributed by atoms with E-state index in [9.17, 15) is 0 Å². The van der Waals surface area contributed by atoms with E-state index in [-0.39, 0.29) is 7.43 Å². The molecule has 0 aromatic carbocycles. The minimum atomic E-state index is 0. The number of rotatable bonds is 0. The Morgan fingerprint density at radius 1 is 0.778 bits per heavy atom. The molecule has 162 valence electrons. The lowest BCUT2D eigenvalue weighted by Gasteiger charge is -2.55. The monoisotopic (exact) mass is 380 g/mol. The van der Waals surface area contributed by atoms with E-state index in [2.05, 4.69) is 44.7 Å². The van der Waals surface area contributed by atoms with Gasteiger partial charge in [-0.25, -0.2) is 0 Å². The fourth-order valence-electron chi connectivity index (χ4n) is 6.09. The lowest BCUT2D eigenvalue weighted by Crippen LogP contribution is -2.57. The van der Waals surface area contributed by atoms with E-state index in [1.165, 1.54) is 71.1 Å². The van der Waals surface area contributed by atoms with Gasteiger partial charge >= 0.3 is 0 Å². The molecule has 6 fully saturated rings. The lowest BCUT2D eigenvalue weighted by molar-refractivity contribution is -0.0583. The van der Waals surface area contributed by atoms with Crippen molar-refractivity contribution in [3.63, 3.8) is 0 Å². The molecule has 0 aromatic heterocycles. The Hall–Kier alpha value is -0.0800. The molecule has 0 radical (unpaired) electrons. The molecular weight excluding hydrogens is 328 g/mol. The van der Waals surface area contributed by atoms with Gasteiger partial charge in [-0.3, -0.25) is 0 Å². The Morgan fingerprint density at radius 3 is 1.41 bits per heavy atom. The summed E-state index contributed by atoms with van der Waals surface area (Å²) in [5, 5.41) is 0. The molecule has 0 aromatic rings. The molecule has 0 N–H and O–H groups in total. The van der Waals surface area contributed by atoms with Crippen LogP contribution in [0.2, 0.25) is 0 Å². The van der Waals surface area contributed by atoms with Crippen molar-refractivity contribution in [2.24, 2.45) is 28.6 Å². The predicted octanol–water partition coefficient (Wildman–Crippen LogP) is 6.56. The van der Waals surface area contributed by atoms with E-state index in [1.807, 2.05) is 13.8 Å². The summed E-state index contributed by atoms with van der Waals surface area (Å²) in [5.41, 5.74) is 1.43. The minimum Gasteiger partial charge on any atom is -0.306 e. The Labute approximate surface area is 172 Å². The molecule has 6 aliphatic rings. The van der Waals surface area contributed by atoms with Crippen LogP contribution in [0.3, 0.4) is 0 Å². The van der Waals surface area contributed by atoms with Crippen LogP contribution in [0.25, 0.3) is 0 Å². The second-order valence-corrected chi connectivity index (χ2v) is 10.8. The van der Waals surface area contributed by atoms with Crippen molar-refractivity contribution < 1.29 is 0 Å². The molecule has 4 aliphatic carbocycles. The minimum absolute atomic E-state index is 0. The Bertz CT molecular complexity index is 381. The average Bonchev–Trinajstić information content (AvgIpc) is 2.50. The molecule has 1 unspecified atom stereocenters. The van der Waals surface area contributed by atoms with Gasteiger partial charge in [0.25, 0.3) is 0 Å². The van der Waals surface area contributed by atoms with Crippen molar-refractivity contribution in [1.82, 2.24) is 9.80 Å². The lowest BCUT2D eigenvalue weighted by atomic mass is 9.50. The second kappa shape index (κ2) is 10.6. The summed E-state index contributed by atoms with van der Waals surface area (Å²) in [5.74, 6) is 3.28. The molecule has 3 atom stereocenters. The van der Waals surface area contributed by atoms with Gasteiger partial charge < -0.3 is 9.80 Å². The van der Waals surface area contributed by atoms with E-state index < -0.39 is 0 Å². The maximum Gasteiger partial charge on any atom is 0.00474 e. The van der Waals surface area contributed by atoms with Crippen LogP contribution in [0.4, 0.5) is 0 Å². The van der Waals surface area contributed by atoms with Crippen LogP contribution in [-0.2, 0) is 0 Å². The summed E-state index contributed by atoms with van der Waals surface area (Å²) < 4.78 is 0. The van der Waals surface area contributed by atoms with Crippen LogP contribution in [0.5, 0.6) is 0 Å². The van der Waals surface area contributed by atoms with E-state index in [0.29, 0.717) is 5.41 Å². The van der Waals surface area contributed by atoms with Crippen LogP contribution < -0.4 is 0 Å². The van der Waals surface area contributed by atoms with Crippen molar-refractivity contribution in [3.8, 4) is 0 Å². The van der Waals surface area contributed by atoms with E-state index in [4.69, 9.17) is 0 Å². The fourth-order valence-corrected chi connectivity index (χ4v) is 6.09. The normalized spacial score (nSPS) is 32.8. The molecular formula is C25H52N2. The first kappa shape index (κ1) is 25.0. The van der Waals surface area contributed by atoms with E-state index in [1.54, 1.807) is 6.42 Å². The molecule has 4 saturated carbocycles. The van der Waals surface area contributed by atoms with Crippen LogP contribution in [0.1, 0.15) is 93.4 Å². The highest BCUT2D eigenvalue weighted by Gasteiger charge is 2.48. The molecule has 1 spiro atoms. The van der Waals surface area contributed by atoms with Gasteiger partial charge in [0.2, 0.25) is 0 Å². The highest BCUT2D eigenvalue weighted by molar-refractivity contribution is 4.99. The van der Waals surface area contributed by atoms with Crippen LogP contribution >= 0.6 is 0 Å². The third-order valence-corrected chi connectivity index (χ3v) is 7.48. The zero-order chi connectivity index (χ0) is 19.4. The molecule has 0 amide bonds. The van der Waals surface area contributed by atoms with Gasteiger partial charge in [0, 0.05) is 13.1 Å². The van der Waals surface area contributed by atoms with E-state index >= 15 is 0 Å². The smallest absolute Gasteiger partial charge is 0.00474 e. The molecule has 2 heterocycles. The third kappa shape index (κ3) is 6.46. The third-order valence-electron chi connectivity index (χ3n) is 7.48. The first-order valence-electron chi connectivity index (χ1n) is 11.7. The quantitative estimate of drug-likeness (QED) is 0.470. The molecule has 2 heteroatoms. The summed E-state index contributed by atoms with van der Waals surface area (Å²) in [6.45, 7) is 16.7. The topological polar surface area (TPSA) is 6.48 Å². The molecule has 6 rings (SSSR count). The van der Waals surface area contributed by atoms with Gasteiger partial charge in [-0.15, -0.1) is 0 Å². The SMILES string of the molecule is C.CC.CC(C)(C)C1[C@@H]2CCC[C@H]1C2.CN1CC2(CCC2)C1.CN1CCC1. The summed E-state index contributed by atoms with van der Waals surface area (Å²) in [6.07, 6.45) is 12.1. The highest BCUT2D eigenvalue weighted by atomic mass is 15.2. The van der Waals surface area contributed by atoms with Gasteiger partial charge in [0.15, 0.2) is 0 Å². The van der Waals surface area contributed by atoms with Crippen molar-refractivity contribution in [2.75, 3.05) is 40.3 Å². The first-order valence-corrected chi connectivity index (χ1v) is 11.7. The fraction of sp³-hybridized carbons (Fsp3) is 1.00. The van der Waals surface area contributed by atoms with Crippen molar-refractivity contribution in [1.29, 1.82) is 0 Å². The zero-order valence-corrected chi connectivity index (χ0v) is 19.1. The van der Waals surface area contributed by atoms with Crippen LogP contribution in [0.15, 0.2) is 0 Å². The summed E-state index contributed by atoms with van der Waals surface area (Å²) in [6, 6.07) is 0.